The van der Waals surface area contributed by atoms with Gasteiger partial charge in [0.25, 0.3) is 11.8 Å². The van der Waals surface area contributed by atoms with Crippen LogP contribution in [0.25, 0.3) is 0 Å². The van der Waals surface area contributed by atoms with Crippen LogP contribution in [0.4, 0.5) is 0 Å². The van der Waals surface area contributed by atoms with E-state index in [1.165, 1.54) is 6.21 Å². The summed E-state index contributed by atoms with van der Waals surface area (Å²) in [6, 6.07) is 22.8. The summed E-state index contributed by atoms with van der Waals surface area (Å²) in [4.78, 5) is 26.8. The molecule has 0 aromatic heterocycles. The van der Waals surface area contributed by atoms with Gasteiger partial charge in [0, 0.05) is 11.8 Å². The van der Waals surface area contributed by atoms with Crippen LogP contribution in [0.15, 0.2) is 77.9 Å². The third-order valence-electron chi connectivity index (χ3n) is 6.64. The van der Waals surface area contributed by atoms with E-state index in [0.29, 0.717) is 5.56 Å². The zero-order valence-corrected chi connectivity index (χ0v) is 16.0. The van der Waals surface area contributed by atoms with Crippen molar-refractivity contribution in [2.75, 3.05) is 0 Å². The summed E-state index contributed by atoms with van der Waals surface area (Å²) in [5.41, 5.74) is 5.29. The summed E-state index contributed by atoms with van der Waals surface area (Å²) >= 11 is 0. The molecule has 5 nitrogen and oxygen atoms in total. The van der Waals surface area contributed by atoms with Crippen molar-refractivity contribution >= 4 is 18.0 Å². The number of aromatic hydroxyl groups is 1. The molecule has 5 heteroatoms. The lowest BCUT2D eigenvalue weighted by Crippen LogP contribution is -2.41. The molecular formula is C25H18N2O3. The van der Waals surface area contributed by atoms with E-state index in [1.54, 1.807) is 24.3 Å². The number of hydrogen-bond acceptors (Lipinski definition) is 4. The van der Waals surface area contributed by atoms with Gasteiger partial charge in [-0.05, 0) is 52.1 Å². The topological polar surface area (TPSA) is 70.0 Å². The first-order valence-electron chi connectivity index (χ1n) is 10.0. The summed E-state index contributed by atoms with van der Waals surface area (Å²) in [6.45, 7) is 0. The fourth-order valence-electron chi connectivity index (χ4n) is 5.46. The number of phenols is 1. The van der Waals surface area contributed by atoms with Crippen LogP contribution in [0.3, 0.4) is 0 Å². The lowest BCUT2D eigenvalue weighted by atomic mass is 9.55. The highest BCUT2D eigenvalue weighted by atomic mass is 16.3. The average molecular weight is 394 g/mol. The monoisotopic (exact) mass is 394 g/mol. The maximum absolute atomic E-state index is 13.4. The van der Waals surface area contributed by atoms with Crippen molar-refractivity contribution in [2.24, 2.45) is 16.9 Å². The summed E-state index contributed by atoms with van der Waals surface area (Å²) in [5.74, 6) is -1.43. The summed E-state index contributed by atoms with van der Waals surface area (Å²) in [6.07, 6.45) is 1.49. The summed E-state index contributed by atoms with van der Waals surface area (Å²) in [5, 5.41) is 14.7. The molecule has 0 saturated carbocycles. The van der Waals surface area contributed by atoms with Gasteiger partial charge >= 0.3 is 0 Å². The number of carbonyl (C=O) groups is 2. The van der Waals surface area contributed by atoms with Gasteiger partial charge in [0.05, 0.1) is 18.1 Å². The van der Waals surface area contributed by atoms with Crippen LogP contribution in [-0.2, 0) is 9.59 Å². The Morgan fingerprint density at radius 2 is 1.13 bits per heavy atom. The normalized spacial score (nSPS) is 26.1. The second-order valence-corrected chi connectivity index (χ2v) is 8.09. The molecule has 146 valence electrons. The van der Waals surface area contributed by atoms with E-state index in [0.717, 1.165) is 27.3 Å². The van der Waals surface area contributed by atoms with Crippen LogP contribution < -0.4 is 0 Å². The maximum atomic E-state index is 13.4. The molecule has 1 aliphatic heterocycles. The molecular weight excluding hydrogens is 376 g/mol. The molecule has 1 heterocycles. The molecule has 0 radical (unpaired) electrons. The molecule has 30 heavy (non-hydrogen) atoms. The minimum absolute atomic E-state index is 0.127. The Morgan fingerprint density at radius 1 is 0.700 bits per heavy atom. The molecule has 2 bridgehead atoms. The van der Waals surface area contributed by atoms with Crippen molar-refractivity contribution in [3.05, 3.63) is 101 Å². The van der Waals surface area contributed by atoms with E-state index in [9.17, 15) is 14.7 Å². The zero-order chi connectivity index (χ0) is 20.4. The van der Waals surface area contributed by atoms with Crippen molar-refractivity contribution in [1.29, 1.82) is 0 Å². The number of carbonyl (C=O) groups excluding carboxylic acids is 2. The van der Waals surface area contributed by atoms with Crippen molar-refractivity contribution in [3.8, 4) is 5.75 Å². The first-order chi connectivity index (χ1) is 14.6. The number of amides is 2. The second-order valence-electron chi connectivity index (χ2n) is 8.09. The van der Waals surface area contributed by atoms with Gasteiger partial charge in [0.1, 0.15) is 5.75 Å². The molecule has 3 aliphatic carbocycles. The van der Waals surface area contributed by atoms with E-state index >= 15 is 0 Å². The highest BCUT2D eigenvalue weighted by Gasteiger charge is 2.61. The van der Waals surface area contributed by atoms with Crippen LogP contribution in [0.5, 0.6) is 5.75 Å². The lowest BCUT2D eigenvalue weighted by Gasteiger charge is -2.45. The highest BCUT2D eigenvalue weighted by Crippen LogP contribution is 2.60. The number of imide groups is 1. The molecule has 1 fully saturated rings. The Kier molecular flexibility index (Phi) is 3.51. The molecule has 1 N–H and O–H groups in total. The quantitative estimate of drug-likeness (QED) is 0.533. The van der Waals surface area contributed by atoms with Crippen LogP contribution >= 0.6 is 0 Å². The van der Waals surface area contributed by atoms with E-state index in [-0.39, 0.29) is 29.4 Å². The van der Waals surface area contributed by atoms with Gasteiger partial charge in [-0.2, -0.15) is 10.1 Å². The van der Waals surface area contributed by atoms with Crippen LogP contribution in [0, 0.1) is 11.8 Å². The van der Waals surface area contributed by atoms with Gasteiger partial charge in [0.2, 0.25) is 0 Å². The second kappa shape index (κ2) is 6.13. The Morgan fingerprint density at radius 3 is 1.57 bits per heavy atom. The number of hydrazone groups is 1. The van der Waals surface area contributed by atoms with Crippen LogP contribution in [0.2, 0.25) is 0 Å². The summed E-state index contributed by atoms with van der Waals surface area (Å²) < 4.78 is 0. The Bertz CT molecular complexity index is 1120. The van der Waals surface area contributed by atoms with Crippen molar-refractivity contribution < 1.29 is 14.7 Å². The zero-order valence-electron chi connectivity index (χ0n) is 16.0. The molecule has 3 aromatic rings. The largest absolute Gasteiger partial charge is 0.508 e. The van der Waals surface area contributed by atoms with Gasteiger partial charge in [-0.1, -0.05) is 48.5 Å². The van der Waals surface area contributed by atoms with E-state index in [4.69, 9.17) is 0 Å². The standard InChI is InChI=1S/C25H18N2O3/c28-15-11-9-14(10-12-15)13-26-27-24(29)22-20-16-5-1-2-6-17(16)21(23(22)25(27)30)19-8-4-3-7-18(19)20/h1-13,20-23,28H/b26-13-/t20?,21?,22-,23-/m1/s1. The third kappa shape index (κ3) is 2.20. The fourth-order valence-corrected chi connectivity index (χ4v) is 5.46. The molecule has 4 aliphatic rings. The predicted molar refractivity (Wildman–Crippen MR) is 111 cm³/mol. The van der Waals surface area contributed by atoms with E-state index in [2.05, 4.69) is 29.4 Å². The number of hydrogen-bond donors (Lipinski definition) is 1. The van der Waals surface area contributed by atoms with E-state index in [1.807, 2.05) is 24.3 Å². The molecule has 1 saturated heterocycles. The molecule has 2 amide bonds. The Labute approximate surface area is 173 Å². The van der Waals surface area contributed by atoms with Crippen molar-refractivity contribution in [3.63, 3.8) is 0 Å². The van der Waals surface area contributed by atoms with Gasteiger partial charge in [-0.25, -0.2) is 0 Å². The minimum atomic E-state index is -0.427. The third-order valence-corrected chi connectivity index (χ3v) is 6.64. The molecule has 0 unspecified atom stereocenters. The summed E-state index contributed by atoms with van der Waals surface area (Å²) in [7, 11) is 0. The highest BCUT2D eigenvalue weighted by molar-refractivity contribution is 6.08. The lowest BCUT2D eigenvalue weighted by molar-refractivity contribution is -0.139. The molecule has 7 rings (SSSR count). The van der Waals surface area contributed by atoms with Crippen LogP contribution in [-0.4, -0.2) is 28.1 Å². The smallest absolute Gasteiger partial charge is 0.254 e. The predicted octanol–water partition coefficient (Wildman–Crippen LogP) is 3.62. The SMILES string of the molecule is O=C1[C@@H]2C3c4ccccc4C(c4ccccc43)[C@H]2C(=O)N1/N=C\c1ccc(O)cc1. The first kappa shape index (κ1) is 17.2. The maximum Gasteiger partial charge on any atom is 0.254 e. The average Bonchev–Trinajstić information content (AvgIpc) is 3.04. The molecule has 0 spiro atoms. The van der Waals surface area contributed by atoms with Gasteiger partial charge in [0.15, 0.2) is 0 Å². The first-order valence-corrected chi connectivity index (χ1v) is 10.0. The van der Waals surface area contributed by atoms with Gasteiger partial charge in [-0.15, -0.1) is 0 Å². The number of benzene rings is 3. The number of phenolic OH excluding ortho intramolecular Hbond substituents is 1. The molecule has 3 aromatic carbocycles. The minimum Gasteiger partial charge on any atom is -0.508 e. The Hall–Kier alpha value is -3.73. The van der Waals surface area contributed by atoms with Crippen molar-refractivity contribution in [1.82, 2.24) is 5.01 Å². The van der Waals surface area contributed by atoms with Gasteiger partial charge < -0.3 is 5.11 Å². The van der Waals surface area contributed by atoms with E-state index < -0.39 is 11.8 Å². The van der Waals surface area contributed by atoms with Crippen molar-refractivity contribution in [2.45, 2.75) is 11.8 Å². The fraction of sp³-hybridized carbons (Fsp3) is 0.160. The van der Waals surface area contributed by atoms with Crippen LogP contribution in [0.1, 0.15) is 39.7 Å². The number of rotatable bonds is 2. The molecule has 2 atom stereocenters. The Balaban J connectivity index is 1.45. The van der Waals surface area contributed by atoms with Gasteiger partial charge in [-0.3, -0.25) is 9.59 Å². The number of nitrogens with zero attached hydrogens (tertiary/aromatic N) is 2.